The highest BCUT2D eigenvalue weighted by Gasteiger charge is 2.29. The second kappa shape index (κ2) is 5.76. The molecule has 1 fully saturated rings. The standard InChI is InChI=1S/C18H20FN/c1-13-3-2-4-14(9-13)12-20-18-10-16(11-18)15-5-7-17(19)8-6-15/h2-9,16,18,20H,10-12H2,1H3. The second-order valence-electron chi connectivity index (χ2n) is 5.79. The highest BCUT2D eigenvalue weighted by atomic mass is 19.1. The summed E-state index contributed by atoms with van der Waals surface area (Å²) in [5.41, 5.74) is 3.91. The van der Waals surface area contributed by atoms with Gasteiger partial charge in [0.05, 0.1) is 0 Å². The van der Waals surface area contributed by atoms with E-state index in [9.17, 15) is 4.39 Å². The molecule has 2 heteroatoms. The summed E-state index contributed by atoms with van der Waals surface area (Å²) in [6.07, 6.45) is 2.30. The minimum Gasteiger partial charge on any atom is -0.310 e. The maximum absolute atomic E-state index is 12.9. The van der Waals surface area contributed by atoms with Crippen molar-refractivity contribution in [2.24, 2.45) is 0 Å². The van der Waals surface area contributed by atoms with Gasteiger partial charge in [-0.2, -0.15) is 0 Å². The molecular formula is C18H20FN. The lowest BCUT2D eigenvalue weighted by Gasteiger charge is -2.36. The number of nitrogens with one attached hydrogen (secondary N) is 1. The SMILES string of the molecule is Cc1cccc(CNC2CC(c3ccc(F)cc3)C2)c1. The summed E-state index contributed by atoms with van der Waals surface area (Å²) in [5, 5.41) is 3.60. The van der Waals surface area contributed by atoms with Crippen molar-refractivity contribution in [3.8, 4) is 0 Å². The molecule has 0 saturated heterocycles. The zero-order chi connectivity index (χ0) is 13.9. The van der Waals surface area contributed by atoms with Crippen LogP contribution in [0.2, 0.25) is 0 Å². The van der Waals surface area contributed by atoms with Crippen LogP contribution in [0.4, 0.5) is 4.39 Å². The van der Waals surface area contributed by atoms with Gasteiger partial charge in [0.1, 0.15) is 5.82 Å². The largest absolute Gasteiger partial charge is 0.310 e. The molecular weight excluding hydrogens is 249 g/mol. The third-order valence-corrected chi connectivity index (χ3v) is 4.16. The van der Waals surface area contributed by atoms with E-state index in [2.05, 4.69) is 36.5 Å². The number of benzene rings is 2. The van der Waals surface area contributed by atoms with E-state index in [0.29, 0.717) is 12.0 Å². The molecule has 1 saturated carbocycles. The van der Waals surface area contributed by atoms with Crippen LogP contribution in [0.1, 0.15) is 35.4 Å². The van der Waals surface area contributed by atoms with Crippen LogP contribution in [-0.2, 0) is 6.54 Å². The quantitative estimate of drug-likeness (QED) is 0.878. The van der Waals surface area contributed by atoms with Crippen molar-refractivity contribution in [3.63, 3.8) is 0 Å². The van der Waals surface area contributed by atoms with Crippen LogP contribution >= 0.6 is 0 Å². The molecule has 2 aromatic rings. The van der Waals surface area contributed by atoms with Crippen LogP contribution in [0.5, 0.6) is 0 Å². The molecule has 1 N–H and O–H groups in total. The van der Waals surface area contributed by atoms with Gasteiger partial charge >= 0.3 is 0 Å². The normalized spacial score (nSPS) is 21.5. The number of aryl methyl sites for hydroxylation is 1. The second-order valence-corrected chi connectivity index (χ2v) is 5.79. The minimum absolute atomic E-state index is 0.151. The predicted octanol–water partition coefficient (Wildman–Crippen LogP) is 4.17. The van der Waals surface area contributed by atoms with Crippen molar-refractivity contribution in [2.75, 3.05) is 0 Å². The first-order chi connectivity index (χ1) is 9.70. The Bertz CT molecular complexity index is 570. The Labute approximate surface area is 119 Å². The third-order valence-electron chi connectivity index (χ3n) is 4.16. The molecule has 0 bridgehead atoms. The fourth-order valence-electron chi connectivity index (χ4n) is 2.88. The minimum atomic E-state index is -0.151. The predicted molar refractivity (Wildman–Crippen MR) is 80.2 cm³/mol. The van der Waals surface area contributed by atoms with Gasteiger partial charge < -0.3 is 5.32 Å². The van der Waals surface area contributed by atoms with Crippen LogP contribution in [0, 0.1) is 12.7 Å². The van der Waals surface area contributed by atoms with Gasteiger partial charge in [0.2, 0.25) is 0 Å². The Balaban J connectivity index is 1.48. The Hall–Kier alpha value is -1.67. The highest BCUT2D eigenvalue weighted by molar-refractivity contribution is 5.24. The van der Waals surface area contributed by atoms with Gasteiger partial charge in [-0.15, -0.1) is 0 Å². The number of halogens is 1. The van der Waals surface area contributed by atoms with Gasteiger partial charge in [-0.25, -0.2) is 4.39 Å². The fraction of sp³-hybridized carbons (Fsp3) is 0.333. The molecule has 1 aliphatic carbocycles. The summed E-state index contributed by atoms with van der Waals surface area (Å²) in [5.74, 6) is 0.438. The van der Waals surface area contributed by atoms with Crippen molar-refractivity contribution in [1.82, 2.24) is 5.32 Å². The zero-order valence-electron chi connectivity index (χ0n) is 11.8. The Morgan fingerprint density at radius 2 is 1.85 bits per heavy atom. The summed E-state index contributed by atoms with van der Waals surface area (Å²) < 4.78 is 12.9. The van der Waals surface area contributed by atoms with E-state index in [0.717, 1.165) is 19.4 Å². The first-order valence-corrected chi connectivity index (χ1v) is 7.25. The molecule has 2 aromatic carbocycles. The maximum atomic E-state index is 12.9. The lowest BCUT2D eigenvalue weighted by atomic mass is 9.76. The molecule has 104 valence electrons. The summed E-state index contributed by atoms with van der Waals surface area (Å²) in [4.78, 5) is 0. The molecule has 0 heterocycles. The van der Waals surface area contributed by atoms with E-state index in [4.69, 9.17) is 0 Å². The van der Waals surface area contributed by atoms with Crippen LogP contribution in [-0.4, -0.2) is 6.04 Å². The van der Waals surface area contributed by atoms with Crippen LogP contribution < -0.4 is 5.32 Å². The molecule has 0 amide bonds. The summed E-state index contributed by atoms with van der Waals surface area (Å²) in [7, 11) is 0. The molecule has 20 heavy (non-hydrogen) atoms. The van der Waals surface area contributed by atoms with Gasteiger partial charge in [0.25, 0.3) is 0 Å². The number of hydrogen-bond donors (Lipinski definition) is 1. The van der Waals surface area contributed by atoms with E-state index in [1.807, 2.05) is 12.1 Å². The Morgan fingerprint density at radius 3 is 2.55 bits per heavy atom. The van der Waals surface area contributed by atoms with Crippen molar-refractivity contribution in [3.05, 3.63) is 71.0 Å². The average molecular weight is 269 g/mol. The topological polar surface area (TPSA) is 12.0 Å². The van der Waals surface area contributed by atoms with Gasteiger partial charge in [0.15, 0.2) is 0 Å². The maximum Gasteiger partial charge on any atom is 0.123 e. The van der Waals surface area contributed by atoms with Crippen LogP contribution in [0.3, 0.4) is 0 Å². The van der Waals surface area contributed by atoms with E-state index in [1.165, 1.54) is 16.7 Å². The summed E-state index contributed by atoms with van der Waals surface area (Å²) in [6.45, 7) is 3.06. The van der Waals surface area contributed by atoms with Gasteiger partial charge in [-0.3, -0.25) is 0 Å². The van der Waals surface area contributed by atoms with Crippen molar-refractivity contribution in [2.45, 2.75) is 38.3 Å². The monoisotopic (exact) mass is 269 g/mol. The van der Waals surface area contributed by atoms with Gasteiger partial charge in [0, 0.05) is 12.6 Å². The first-order valence-electron chi connectivity index (χ1n) is 7.25. The molecule has 1 nitrogen and oxygen atoms in total. The molecule has 3 rings (SSSR count). The molecule has 0 aliphatic heterocycles. The van der Waals surface area contributed by atoms with E-state index >= 15 is 0 Å². The van der Waals surface area contributed by atoms with E-state index in [-0.39, 0.29) is 5.82 Å². The Kier molecular flexibility index (Phi) is 3.83. The van der Waals surface area contributed by atoms with Crippen molar-refractivity contribution in [1.29, 1.82) is 0 Å². The van der Waals surface area contributed by atoms with Crippen LogP contribution in [0.15, 0.2) is 48.5 Å². The Morgan fingerprint density at radius 1 is 1.10 bits per heavy atom. The van der Waals surface area contributed by atoms with Crippen LogP contribution in [0.25, 0.3) is 0 Å². The summed E-state index contributed by atoms with van der Waals surface area (Å²) >= 11 is 0. The highest BCUT2D eigenvalue weighted by Crippen LogP contribution is 2.36. The number of rotatable bonds is 4. The molecule has 0 radical (unpaired) electrons. The molecule has 0 unspecified atom stereocenters. The average Bonchev–Trinajstić information content (AvgIpc) is 2.39. The van der Waals surface area contributed by atoms with E-state index in [1.54, 1.807) is 12.1 Å². The fourth-order valence-corrected chi connectivity index (χ4v) is 2.88. The summed E-state index contributed by atoms with van der Waals surface area (Å²) in [6, 6.07) is 16.1. The van der Waals surface area contributed by atoms with Gasteiger partial charge in [-0.1, -0.05) is 42.0 Å². The molecule has 0 spiro atoms. The molecule has 1 aliphatic rings. The number of hydrogen-bond acceptors (Lipinski definition) is 1. The molecule has 0 atom stereocenters. The first kappa shape index (κ1) is 13.3. The lowest BCUT2D eigenvalue weighted by Crippen LogP contribution is -2.39. The molecule has 0 aromatic heterocycles. The lowest BCUT2D eigenvalue weighted by molar-refractivity contribution is 0.289. The van der Waals surface area contributed by atoms with Crippen molar-refractivity contribution >= 4 is 0 Å². The smallest absolute Gasteiger partial charge is 0.123 e. The third kappa shape index (κ3) is 3.07. The van der Waals surface area contributed by atoms with Gasteiger partial charge in [-0.05, 0) is 48.9 Å². The van der Waals surface area contributed by atoms with Crippen molar-refractivity contribution < 1.29 is 4.39 Å². The zero-order valence-corrected chi connectivity index (χ0v) is 11.8. The van der Waals surface area contributed by atoms with E-state index < -0.39 is 0 Å².